The Morgan fingerprint density at radius 1 is 1.24 bits per heavy atom. The Kier molecular flexibility index (Phi) is 3.26. The van der Waals surface area contributed by atoms with E-state index in [2.05, 4.69) is 4.98 Å². The summed E-state index contributed by atoms with van der Waals surface area (Å²) in [6, 6.07) is 5.29. The summed E-state index contributed by atoms with van der Waals surface area (Å²) in [5.41, 5.74) is 1.27. The third kappa shape index (κ3) is 2.21. The van der Waals surface area contributed by atoms with Crippen LogP contribution in [0.4, 0.5) is 0 Å². The first-order valence-corrected chi connectivity index (χ1v) is 6.88. The lowest BCUT2D eigenvalue weighted by Crippen LogP contribution is -1.98. The lowest BCUT2D eigenvalue weighted by Gasteiger charge is -2.09. The maximum absolute atomic E-state index is 11.5. The standard InChI is InChI=1S/C14H12N2O4S/c1-19-9-5-8(6-10(7-9)20-2)11-12(13(17)18)21-14-15-3-4-16(11)14/h3-7H,1-2H3,(H,17,18). The molecule has 0 amide bonds. The van der Waals surface area contributed by atoms with Gasteiger partial charge in [0.25, 0.3) is 0 Å². The third-order valence-corrected chi connectivity index (χ3v) is 4.13. The van der Waals surface area contributed by atoms with Crippen LogP contribution in [0.5, 0.6) is 11.5 Å². The number of rotatable bonds is 4. The fraction of sp³-hybridized carbons (Fsp3) is 0.143. The number of benzene rings is 1. The first-order valence-electron chi connectivity index (χ1n) is 6.06. The van der Waals surface area contributed by atoms with Gasteiger partial charge in [-0.2, -0.15) is 0 Å². The molecule has 0 saturated carbocycles. The summed E-state index contributed by atoms with van der Waals surface area (Å²) < 4.78 is 12.2. The number of nitrogens with zero attached hydrogens (tertiary/aromatic N) is 2. The highest BCUT2D eigenvalue weighted by Crippen LogP contribution is 2.35. The molecular weight excluding hydrogens is 292 g/mol. The Morgan fingerprint density at radius 2 is 1.90 bits per heavy atom. The minimum atomic E-state index is -0.984. The van der Waals surface area contributed by atoms with Crippen molar-refractivity contribution in [2.75, 3.05) is 14.2 Å². The van der Waals surface area contributed by atoms with Crippen molar-refractivity contribution in [3.63, 3.8) is 0 Å². The number of ether oxygens (including phenoxy) is 2. The summed E-state index contributed by atoms with van der Waals surface area (Å²) >= 11 is 1.13. The molecule has 1 N–H and O–H groups in total. The zero-order valence-corrected chi connectivity index (χ0v) is 12.2. The molecule has 1 aromatic carbocycles. The van der Waals surface area contributed by atoms with E-state index in [9.17, 15) is 9.90 Å². The van der Waals surface area contributed by atoms with E-state index < -0.39 is 5.97 Å². The molecule has 3 aromatic rings. The van der Waals surface area contributed by atoms with Gasteiger partial charge in [-0.3, -0.25) is 4.40 Å². The van der Waals surface area contributed by atoms with Crippen molar-refractivity contribution in [1.29, 1.82) is 0 Å². The van der Waals surface area contributed by atoms with E-state index in [4.69, 9.17) is 9.47 Å². The molecule has 108 valence electrons. The Morgan fingerprint density at radius 3 is 2.48 bits per heavy atom. The number of aromatic nitrogens is 2. The molecule has 21 heavy (non-hydrogen) atoms. The van der Waals surface area contributed by atoms with E-state index >= 15 is 0 Å². The topological polar surface area (TPSA) is 73.1 Å². The largest absolute Gasteiger partial charge is 0.497 e. The molecule has 0 spiro atoms. The number of fused-ring (bicyclic) bond motifs is 1. The molecule has 3 rings (SSSR count). The van der Waals surface area contributed by atoms with E-state index in [1.165, 1.54) is 0 Å². The summed E-state index contributed by atoms with van der Waals surface area (Å²) in [5, 5.41) is 9.41. The number of carboxylic acids is 1. The van der Waals surface area contributed by atoms with E-state index in [0.29, 0.717) is 27.7 Å². The van der Waals surface area contributed by atoms with Crippen LogP contribution in [0.15, 0.2) is 30.6 Å². The molecule has 0 bridgehead atoms. The Balaban J connectivity index is 2.30. The fourth-order valence-corrected chi connectivity index (χ4v) is 3.09. The number of thiazole rings is 1. The zero-order chi connectivity index (χ0) is 15.0. The number of hydrogen-bond donors (Lipinski definition) is 1. The molecule has 0 aliphatic carbocycles. The Hall–Kier alpha value is -2.54. The average Bonchev–Trinajstić information content (AvgIpc) is 3.06. The Bertz CT molecular complexity index is 799. The van der Waals surface area contributed by atoms with Crippen LogP contribution in [0.2, 0.25) is 0 Å². The van der Waals surface area contributed by atoms with Crippen LogP contribution in [0, 0.1) is 0 Å². The van der Waals surface area contributed by atoms with E-state index in [1.807, 2.05) is 0 Å². The number of hydrogen-bond acceptors (Lipinski definition) is 5. The molecule has 0 atom stereocenters. The zero-order valence-electron chi connectivity index (χ0n) is 11.4. The smallest absolute Gasteiger partial charge is 0.348 e. The predicted octanol–water partition coefficient (Wildman–Crippen LogP) is 2.78. The predicted molar refractivity (Wildman–Crippen MR) is 78.6 cm³/mol. The van der Waals surface area contributed by atoms with Gasteiger partial charge in [-0.1, -0.05) is 11.3 Å². The Labute approximate surface area is 124 Å². The van der Waals surface area contributed by atoms with E-state index in [0.717, 1.165) is 11.3 Å². The molecule has 0 aliphatic rings. The van der Waals surface area contributed by atoms with Crippen LogP contribution >= 0.6 is 11.3 Å². The molecule has 2 aromatic heterocycles. The number of imidazole rings is 1. The van der Waals surface area contributed by atoms with Crippen molar-refractivity contribution < 1.29 is 19.4 Å². The van der Waals surface area contributed by atoms with Crippen molar-refractivity contribution in [3.05, 3.63) is 35.5 Å². The van der Waals surface area contributed by atoms with Gasteiger partial charge in [0.1, 0.15) is 16.4 Å². The van der Waals surface area contributed by atoms with Crippen molar-refractivity contribution in [2.45, 2.75) is 0 Å². The van der Waals surface area contributed by atoms with Gasteiger partial charge in [0.2, 0.25) is 0 Å². The average molecular weight is 304 g/mol. The maximum Gasteiger partial charge on any atom is 0.348 e. The van der Waals surface area contributed by atoms with Crippen LogP contribution in [0.3, 0.4) is 0 Å². The number of aromatic carboxylic acids is 1. The van der Waals surface area contributed by atoms with Crippen molar-refractivity contribution in [3.8, 4) is 22.8 Å². The molecule has 0 radical (unpaired) electrons. The van der Waals surface area contributed by atoms with Crippen LogP contribution in [-0.4, -0.2) is 34.7 Å². The SMILES string of the molecule is COc1cc(OC)cc(-c2c(C(=O)O)sc3nccn23)c1. The van der Waals surface area contributed by atoms with Crippen molar-refractivity contribution >= 4 is 22.3 Å². The monoisotopic (exact) mass is 304 g/mol. The molecule has 0 aliphatic heterocycles. The van der Waals surface area contributed by atoms with Gasteiger partial charge in [-0.05, 0) is 12.1 Å². The minimum absolute atomic E-state index is 0.230. The van der Waals surface area contributed by atoms with Gasteiger partial charge in [0.05, 0.1) is 19.9 Å². The first-order chi connectivity index (χ1) is 10.1. The van der Waals surface area contributed by atoms with Crippen LogP contribution in [0.1, 0.15) is 9.67 Å². The molecule has 6 nitrogen and oxygen atoms in total. The van der Waals surface area contributed by atoms with Crippen LogP contribution in [0.25, 0.3) is 16.2 Å². The maximum atomic E-state index is 11.5. The third-order valence-electron chi connectivity index (χ3n) is 3.08. The molecule has 0 saturated heterocycles. The van der Waals surface area contributed by atoms with Gasteiger partial charge in [-0.15, -0.1) is 0 Å². The van der Waals surface area contributed by atoms with Crippen LogP contribution < -0.4 is 9.47 Å². The second kappa shape index (κ2) is 5.10. The van der Waals surface area contributed by atoms with E-state index in [1.54, 1.807) is 49.2 Å². The van der Waals surface area contributed by atoms with E-state index in [-0.39, 0.29) is 4.88 Å². The summed E-state index contributed by atoms with van der Waals surface area (Å²) in [6.45, 7) is 0. The second-order valence-corrected chi connectivity index (χ2v) is 5.24. The lowest BCUT2D eigenvalue weighted by atomic mass is 10.1. The molecular formula is C14H12N2O4S. The summed E-state index contributed by atoms with van der Waals surface area (Å²) in [6.07, 6.45) is 3.37. The summed E-state index contributed by atoms with van der Waals surface area (Å²) in [4.78, 5) is 16.5. The highest BCUT2D eigenvalue weighted by atomic mass is 32.1. The van der Waals surface area contributed by atoms with Gasteiger partial charge in [0.15, 0.2) is 4.96 Å². The normalized spacial score (nSPS) is 10.8. The minimum Gasteiger partial charge on any atom is -0.497 e. The highest BCUT2D eigenvalue weighted by Gasteiger charge is 2.21. The highest BCUT2D eigenvalue weighted by molar-refractivity contribution is 7.19. The first kappa shape index (κ1) is 13.4. The molecule has 7 heteroatoms. The number of methoxy groups -OCH3 is 2. The quantitative estimate of drug-likeness (QED) is 0.802. The molecule has 0 fully saturated rings. The fourth-order valence-electron chi connectivity index (χ4n) is 2.14. The number of carbonyl (C=O) groups is 1. The summed E-state index contributed by atoms with van der Waals surface area (Å²) in [5.74, 6) is 0.211. The molecule has 0 unspecified atom stereocenters. The van der Waals surface area contributed by atoms with Gasteiger partial charge < -0.3 is 14.6 Å². The van der Waals surface area contributed by atoms with Gasteiger partial charge >= 0.3 is 5.97 Å². The van der Waals surface area contributed by atoms with Crippen LogP contribution in [-0.2, 0) is 0 Å². The lowest BCUT2D eigenvalue weighted by molar-refractivity contribution is 0.0702. The van der Waals surface area contributed by atoms with Crippen molar-refractivity contribution in [2.24, 2.45) is 0 Å². The van der Waals surface area contributed by atoms with Crippen molar-refractivity contribution in [1.82, 2.24) is 9.38 Å². The summed E-state index contributed by atoms with van der Waals surface area (Å²) in [7, 11) is 3.11. The number of carboxylic acid groups (broad SMARTS) is 1. The van der Waals surface area contributed by atoms with Gasteiger partial charge in [-0.25, -0.2) is 9.78 Å². The second-order valence-electron chi connectivity index (χ2n) is 4.27. The van der Waals surface area contributed by atoms with Gasteiger partial charge in [0, 0.05) is 24.0 Å². The molecule has 2 heterocycles.